The summed E-state index contributed by atoms with van der Waals surface area (Å²) >= 11 is 0. The van der Waals surface area contributed by atoms with Crippen molar-refractivity contribution in [2.75, 3.05) is 27.4 Å². The highest BCUT2D eigenvalue weighted by Gasteiger charge is 2.09. The van der Waals surface area contributed by atoms with Gasteiger partial charge in [-0.1, -0.05) is 0 Å². The van der Waals surface area contributed by atoms with Crippen molar-refractivity contribution in [2.45, 2.75) is 6.92 Å². The van der Waals surface area contributed by atoms with Gasteiger partial charge in [0, 0.05) is 12.6 Å². The molecule has 0 heterocycles. The molecule has 0 spiro atoms. The van der Waals surface area contributed by atoms with E-state index in [0.29, 0.717) is 24.7 Å². The Kier molecular flexibility index (Phi) is 5.89. The van der Waals surface area contributed by atoms with E-state index in [1.807, 2.05) is 13.0 Å². The summed E-state index contributed by atoms with van der Waals surface area (Å²) in [5.74, 6) is 0.876. The van der Waals surface area contributed by atoms with Crippen LogP contribution in [0.5, 0.6) is 11.5 Å². The Morgan fingerprint density at radius 3 is 2.68 bits per heavy atom. The number of hydrogen-bond donors (Lipinski definition) is 1. The molecule has 0 radical (unpaired) electrons. The van der Waals surface area contributed by atoms with Crippen LogP contribution in [0.2, 0.25) is 0 Å². The fourth-order valence-corrected chi connectivity index (χ4v) is 1.59. The van der Waals surface area contributed by atoms with Crippen LogP contribution in [0.25, 0.3) is 6.08 Å². The molecular formula is C14H19NO4. The zero-order valence-electron chi connectivity index (χ0n) is 11.4. The van der Waals surface area contributed by atoms with E-state index in [1.165, 1.54) is 13.2 Å². The van der Waals surface area contributed by atoms with E-state index in [9.17, 15) is 4.79 Å². The van der Waals surface area contributed by atoms with E-state index in [-0.39, 0.29) is 0 Å². The molecule has 0 amide bonds. The standard InChI is InChI=1S/C14H19NO4/c1-10-8-11(4-5-13(16)18-3)9-12(17-2)14(10)19-7-6-15/h4-5,8-9H,6-7,15H2,1-3H3/b5-4+. The molecule has 0 aliphatic carbocycles. The first kappa shape index (κ1) is 15.0. The summed E-state index contributed by atoms with van der Waals surface area (Å²) in [4.78, 5) is 11.1. The Morgan fingerprint density at radius 2 is 2.11 bits per heavy atom. The van der Waals surface area contributed by atoms with Crippen LogP contribution in [0.4, 0.5) is 0 Å². The third-order valence-corrected chi connectivity index (χ3v) is 2.46. The second-order valence-electron chi connectivity index (χ2n) is 3.86. The molecule has 0 aliphatic rings. The Balaban J connectivity index is 3.01. The first-order chi connectivity index (χ1) is 9.12. The van der Waals surface area contributed by atoms with Gasteiger partial charge in [0.2, 0.25) is 0 Å². The zero-order chi connectivity index (χ0) is 14.3. The SMILES string of the molecule is COC(=O)/C=C/c1cc(C)c(OCCN)c(OC)c1. The summed E-state index contributed by atoms with van der Waals surface area (Å²) in [5, 5.41) is 0. The zero-order valence-corrected chi connectivity index (χ0v) is 11.4. The van der Waals surface area contributed by atoms with Crippen molar-refractivity contribution in [1.82, 2.24) is 0 Å². The summed E-state index contributed by atoms with van der Waals surface area (Å²) in [6, 6.07) is 3.69. The van der Waals surface area contributed by atoms with E-state index in [1.54, 1.807) is 19.3 Å². The number of methoxy groups -OCH3 is 2. The average Bonchev–Trinajstić information content (AvgIpc) is 2.42. The first-order valence-corrected chi connectivity index (χ1v) is 5.90. The number of aryl methyl sites for hydroxylation is 1. The molecule has 2 N–H and O–H groups in total. The predicted octanol–water partition coefficient (Wildman–Crippen LogP) is 1.53. The van der Waals surface area contributed by atoms with Gasteiger partial charge in [-0.3, -0.25) is 0 Å². The van der Waals surface area contributed by atoms with Crippen LogP contribution in [-0.4, -0.2) is 33.3 Å². The van der Waals surface area contributed by atoms with E-state index in [0.717, 1.165) is 11.1 Å². The molecule has 5 heteroatoms. The fraction of sp³-hybridized carbons (Fsp3) is 0.357. The van der Waals surface area contributed by atoms with Crippen molar-refractivity contribution < 1.29 is 19.0 Å². The van der Waals surface area contributed by atoms with Gasteiger partial charge in [-0.05, 0) is 36.3 Å². The lowest BCUT2D eigenvalue weighted by atomic mass is 10.1. The molecule has 0 aliphatic heterocycles. The molecule has 0 aromatic heterocycles. The van der Waals surface area contributed by atoms with E-state index in [4.69, 9.17) is 15.2 Å². The van der Waals surface area contributed by atoms with Gasteiger partial charge in [0.25, 0.3) is 0 Å². The largest absolute Gasteiger partial charge is 0.493 e. The van der Waals surface area contributed by atoms with Crippen LogP contribution in [0.3, 0.4) is 0 Å². The van der Waals surface area contributed by atoms with Gasteiger partial charge in [-0.2, -0.15) is 0 Å². The Morgan fingerprint density at radius 1 is 1.37 bits per heavy atom. The number of esters is 1. The number of ether oxygens (including phenoxy) is 3. The van der Waals surface area contributed by atoms with Crippen molar-refractivity contribution in [3.8, 4) is 11.5 Å². The van der Waals surface area contributed by atoms with Crippen molar-refractivity contribution in [1.29, 1.82) is 0 Å². The molecule has 0 fully saturated rings. The lowest BCUT2D eigenvalue weighted by Gasteiger charge is -2.13. The topological polar surface area (TPSA) is 70.8 Å². The van der Waals surface area contributed by atoms with Crippen molar-refractivity contribution in [3.05, 3.63) is 29.3 Å². The molecular weight excluding hydrogens is 246 g/mol. The van der Waals surface area contributed by atoms with Gasteiger partial charge in [-0.15, -0.1) is 0 Å². The molecule has 1 aromatic rings. The summed E-state index contributed by atoms with van der Waals surface area (Å²) < 4.78 is 15.4. The molecule has 19 heavy (non-hydrogen) atoms. The number of carbonyl (C=O) groups excluding carboxylic acids is 1. The fourth-order valence-electron chi connectivity index (χ4n) is 1.59. The van der Waals surface area contributed by atoms with Crippen molar-refractivity contribution in [3.63, 3.8) is 0 Å². The average molecular weight is 265 g/mol. The second kappa shape index (κ2) is 7.43. The van der Waals surface area contributed by atoms with Crippen LogP contribution in [0, 0.1) is 6.92 Å². The highest BCUT2D eigenvalue weighted by molar-refractivity contribution is 5.87. The van der Waals surface area contributed by atoms with E-state index < -0.39 is 5.97 Å². The third-order valence-electron chi connectivity index (χ3n) is 2.46. The first-order valence-electron chi connectivity index (χ1n) is 5.90. The highest BCUT2D eigenvalue weighted by Crippen LogP contribution is 2.32. The number of nitrogens with two attached hydrogens (primary N) is 1. The minimum Gasteiger partial charge on any atom is -0.493 e. The maximum absolute atomic E-state index is 11.1. The van der Waals surface area contributed by atoms with Crippen LogP contribution in [0.1, 0.15) is 11.1 Å². The molecule has 104 valence electrons. The number of hydrogen-bond acceptors (Lipinski definition) is 5. The minimum absolute atomic E-state index is 0.403. The van der Waals surface area contributed by atoms with Gasteiger partial charge < -0.3 is 19.9 Å². The number of rotatable bonds is 6. The Hall–Kier alpha value is -2.01. The molecule has 0 saturated heterocycles. The van der Waals surface area contributed by atoms with Crippen molar-refractivity contribution in [2.24, 2.45) is 5.73 Å². The van der Waals surface area contributed by atoms with Gasteiger partial charge in [-0.25, -0.2) is 4.79 Å². The summed E-state index contributed by atoms with van der Waals surface area (Å²) in [6.07, 6.45) is 3.02. The van der Waals surface area contributed by atoms with Crippen LogP contribution in [0.15, 0.2) is 18.2 Å². The second-order valence-corrected chi connectivity index (χ2v) is 3.86. The monoisotopic (exact) mass is 265 g/mol. The molecule has 0 saturated carbocycles. The lowest BCUT2D eigenvalue weighted by molar-refractivity contribution is -0.134. The quantitative estimate of drug-likeness (QED) is 0.624. The van der Waals surface area contributed by atoms with E-state index in [2.05, 4.69) is 4.74 Å². The van der Waals surface area contributed by atoms with Crippen molar-refractivity contribution >= 4 is 12.0 Å². The van der Waals surface area contributed by atoms with Gasteiger partial charge in [0.1, 0.15) is 6.61 Å². The molecule has 1 aromatic carbocycles. The predicted molar refractivity (Wildman–Crippen MR) is 73.3 cm³/mol. The normalized spacial score (nSPS) is 10.5. The van der Waals surface area contributed by atoms with Crippen LogP contribution >= 0.6 is 0 Å². The molecule has 0 bridgehead atoms. The number of carbonyl (C=O) groups is 1. The van der Waals surface area contributed by atoms with Gasteiger partial charge >= 0.3 is 5.97 Å². The molecule has 0 atom stereocenters. The summed E-state index contributed by atoms with van der Waals surface area (Å²) in [5.41, 5.74) is 7.16. The van der Waals surface area contributed by atoms with Crippen LogP contribution in [-0.2, 0) is 9.53 Å². The smallest absolute Gasteiger partial charge is 0.330 e. The summed E-state index contributed by atoms with van der Waals surface area (Å²) in [7, 11) is 2.90. The van der Waals surface area contributed by atoms with Gasteiger partial charge in [0.05, 0.1) is 14.2 Å². The maximum Gasteiger partial charge on any atom is 0.330 e. The Labute approximate surface area is 113 Å². The molecule has 5 nitrogen and oxygen atoms in total. The highest BCUT2D eigenvalue weighted by atomic mass is 16.5. The van der Waals surface area contributed by atoms with Crippen LogP contribution < -0.4 is 15.2 Å². The number of benzene rings is 1. The molecule has 1 rings (SSSR count). The minimum atomic E-state index is -0.403. The Bertz CT molecular complexity index is 469. The summed E-state index contributed by atoms with van der Waals surface area (Å²) in [6.45, 7) is 2.77. The van der Waals surface area contributed by atoms with Gasteiger partial charge in [0.15, 0.2) is 11.5 Å². The third kappa shape index (κ3) is 4.30. The lowest BCUT2D eigenvalue weighted by Crippen LogP contribution is -2.11. The molecule has 0 unspecified atom stereocenters. The maximum atomic E-state index is 11.1. The van der Waals surface area contributed by atoms with E-state index >= 15 is 0 Å².